The van der Waals surface area contributed by atoms with Gasteiger partial charge in [0, 0.05) is 44.6 Å². The molecule has 0 unspecified atom stereocenters. The van der Waals surface area contributed by atoms with Crippen molar-refractivity contribution in [3.8, 4) is 0 Å². The fourth-order valence-corrected chi connectivity index (χ4v) is 3.26. The molecule has 2 saturated heterocycles. The molecule has 0 atom stereocenters. The number of carbonyl (C=O) groups is 1. The van der Waals surface area contributed by atoms with Gasteiger partial charge in [-0.1, -0.05) is 0 Å². The van der Waals surface area contributed by atoms with E-state index in [1.165, 1.54) is 12.8 Å². The van der Waals surface area contributed by atoms with Gasteiger partial charge in [-0.15, -0.1) is 0 Å². The van der Waals surface area contributed by atoms with Gasteiger partial charge in [-0.05, 0) is 32.9 Å². The minimum absolute atomic E-state index is 0.360. The minimum atomic E-state index is -0.366. The molecule has 0 bridgehead atoms. The number of piperazine rings is 1. The summed E-state index contributed by atoms with van der Waals surface area (Å²) in [5, 5.41) is 3.42. The van der Waals surface area contributed by atoms with Gasteiger partial charge in [0.2, 0.25) is 5.95 Å². The number of aromatic nitrogens is 2. The molecule has 1 aromatic rings. The SMILES string of the molecule is CCOC(=O)c1cnc(N2CCN(C3CCNCC3)CC2)nc1. The second-order valence-corrected chi connectivity index (χ2v) is 6.00. The molecule has 0 amide bonds. The number of rotatable bonds is 4. The molecule has 3 heterocycles. The molecule has 2 fully saturated rings. The van der Waals surface area contributed by atoms with E-state index in [0.29, 0.717) is 24.2 Å². The van der Waals surface area contributed by atoms with Crippen LogP contribution in [0.3, 0.4) is 0 Å². The van der Waals surface area contributed by atoms with Gasteiger partial charge in [-0.25, -0.2) is 14.8 Å². The number of hydrogen-bond donors (Lipinski definition) is 1. The molecule has 0 aliphatic carbocycles. The smallest absolute Gasteiger partial charge is 0.341 e. The van der Waals surface area contributed by atoms with Gasteiger partial charge in [0.25, 0.3) is 0 Å². The molecule has 0 spiro atoms. The van der Waals surface area contributed by atoms with Gasteiger partial charge in [0.15, 0.2) is 0 Å². The van der Waals surface area contributed by atoms with Gasteiger partial charge < -0.3 is 15.0 Å². The first-order valence-corrected chi connectivity index (χ1v) is 8.47. The van der Waals surface area contributed by atoms with Crippen molar-refractivity contribution in [2.75, 3.05) is 50.8 Å². The zero-order valence-electron chi connectivity index (χ0n) is 13.7. The van der Waals surface area contributed by atoms with Crippen LogP contribution in [0.4, 0.5) is 5.95 Å². The molecular formula is C16H25N5O2. The number of anilines is 1. The zero-order valence-corrected chi connectivity index (χ0v) is 13.7. The summed E-state index contributed by atoms with van der Waals surface area (Å²) < 4.78 is 4.95. The fourth-order valence-electron chi connectivity index (χ4n) is 3.26. The van der Waals surface area contributed by atoms with E-state index < -0.39 is 0 Å². The molecule has 126 valence electrons. The molecule has 7 nitrogen and oxygen atoms in total. The molecule has 3 rings (SSSR count). The molecule has 0 radical (unpaired) electrons. The van der Waals surface area contributed by atoms with Crippen molar-refractivity contribution in [3.05, 3.63) is 18.0 Å². The molecule has 1 N–H and O–H groups in total. The first-order valence-electron chi connectivity index (χ1n) is 8.47. The predicted octanol–water partition coefficient (Wildman–Crippen LogP) is 0.527. The van der Waals surface area contributed by atoms with Crippen LogP contribution in [-0.4, -0.2) is 72.8 Å². The Hall–Kier alpha value is -1.73. The summed E-state index contributed by atoms with van der Waals surface area (Å²) in [6.07, 6.45) is 5.59. The van der Waals surface area contributed by atoms with E-state index >= 15 is 0 Å². The van der Waals surface area contributed by atoms with Gasteiger partial charge >= 0.3 is 5.97 Å². The van der Waals surface area contributed by atoms with Crippen molar-refractivity contribution >= 4 is 11.9 Å². The van der Waals surface area contributed by atoms with Crippen molar-refractivity contribution in [2.24, 2.45) is 0 Å². The van der Waals surface area contributed by atoms with Crippen LogP contribution in [-0.2, 0) is 4.74 Å². The number of ether oxygens (including phenoxy) is 1. The number of nitrogens with one attached hydrogen (secondary N) is 1. The summed E-state index contributed by atoms with van der Waals surface area (Å²) in [4.78, 5) is 25.1. The third-order valence-electron chi connectivity index (χ3n) is 4.57. The summed E-state index contributed by atoms with van der Waals surface area (Å²) in [6, 6.07) is 0.713. The highest BCUT2D eigenvalue weighted by Gasteiger charge is 2.26. The Bertz CT molecular complexity index is 508. The van der Waals surface area contributed by atoms with E-state index in [1.807, 2.05) is 0 Å². The lowest BCUT2D eigenvalue weighted by molar-refractivity contribution is 0.0525. The fraction of sp³-hybridized carbons (Fsp3) is 0.688. The summed E-state index contributed by atoms with van der Waals surface area (Å²) in [7, 11) is 0. The number of piperidine rings is 1. The number of esters is 1. The van der Waals surface area contributed by atoms with E-state index in [9.17, 15) is 4.79 Å². The van der Waals surface area contributed by atoms with Crippen molar-refractivity contribution in [1.82, 2.24) is 20.2 Å². The maximum Gasteiger partial charge on any atom is 0.341 e. The van der Waals surface area contributed by atoms with E-state index in [0.717, 1.165) is 39.3 Å². The third kappa shape index (κ3) is 3.97. The third-order valence-corrected chi connectivity index (χ3v) is 4.57. The molecule has 1 aromatic heterocycles. The molecular weight excluding hydrogens is 294 g/mol. The zero-order chi connectivity index (χ0) is 16.1. The summed E-state index contributed by atoms with van der Waals surface area (Å²) in [5.41, 5.74) is 0.406. The van der Waals surface area contributed by atoms with Crippen LogP contribution in [0.15, 0.2) is 12.4 Å². The standard InChI is InChI=1S/C16H25N5O2/c1-2-23-15(22)13-11-18-16(19-12-13)21-9-7-20(8-10-21)14-3-5-17-6-4-14/h11-12,14,17H,2-10H2,1H3. The van der Waals surface area contributed by atoms with E-state index in [4.69, 9.17) is 4.74 Å². The highest BCUT2D eigenvalue weighted by atomic mass is 16.5. The van der Waals surface area contributed by atoms with Crippen LogP contribution in [0.1, 0.15) is 30.1 Å². The first kappa shape index (κ1) is 16.1. The molecule has 0 saturated carbocycles. The normalized spacial score (nSPS) is 20.5. The van der Waals surface area contributed by atoms with Gasteiger partial charge in [0.05, 0.1) is 12.2 Å². The maximum absolute atomic E-state index is 11.6. The monoisotopic (exact) mass is 319 g/mol. The van der Waals surface area contributed by atoms with Gasteiger partial charge in [-0.3, -0.25) is 4.90 Å². The lowest BCUT2D eigenvalue weighted by Crippen LogP contribution is -2.53. The van der Waals surface area contributed by atoms with E-state index in [1.54, 1.807) is 19.3 Å². The molecule has 0 aromatic carbocycles. The van der Waals surface area contributed by atoms with Crippen molar-refractivity contribution < 1.29 is 9.53 Å². The number of nitrogens with zero attached hydrogens (tertiary/aromatic N) is 4. The number of hydrogen-bond acceptors (Lipinski definition) is 7. The second kappa shape index (κ2) is 7.70. The molecule has 2 aliphatic rings. The average molecular weight is 319 g/mol. The maximum atomic E-state index is 11.6. The topological polar surface area (TPSA) is 70.6 Å². The van der Waals surface area contributed by atoms with Crippen LogP contribution in [0.25, 0.3) is 0 Å². The lowest BCUT2D eigenvalue weighted by atomic mass is 10.0. The Balaban J connectivity index is 1.54. The summed E-state index contributed by atoms with van der Waals surface area (Å²) >= 11 is 0. The first-order chi connectivity index (χ1) is 11.3. The lowest BCUT2D eigenvalue weighted by Gasteiger charge is -2.40. The molecule has 23 heavy (non-hydrogen) atoms. The minimum Gasteiger partial charge on any atom is -0.462 e. The van der Waals surface area contributed by atoms with Gasteiger partial charge in [0.1, 0.15) is 0 Å². The summed E-state index contributed by atoms with van der Waals surface area (Å²) in [5.74, 6) is 0.331. The highest BCUT2D eigenvalue weighted by Crippen LogP contribution is 2.17. The molecule has 7 heteroatoms. The van der Waals surface area contributed by atoms with E-state index in [2.05, 4.69) is 25.1 Å². The van der Waals surface area contributed by atoms with E-state index in [-0.39, 0.29) is 5.97 Å². The molecule has 2 aliphatic heterocycles. The average Bonchev–Trinajstić information content (AvgIpc) is 2.63. The Kier molecular flexibility index (Phi) is 5.40. The van der Waals surface area contributed by atoms with Crippen LogP contribution in [0, 0.1) is 0 Å². The van der Waals surface area contributed by atoms with Crippen LogP contribution >= 0.6 is 0 Å². The van der Waals surface area contributed by atoms with Crippen molar-refractivity contribution in [3.63, 3.8) is 0 Å². The highest BCUT2D eigenvalue weighted by molar-refractivity contribution is 5.88. The van der Waals surface area contributed by atoms with Crippen molar-refractivity contribution in [2.45, 2.75) is 25.8 Å². The Labute approximate surface area is 137 Å². The van der Waals surface area contributed by atoms with Crippen molar-refractivity contribution in [1.29, 1.82) is 0 Å². The van der Waals surface area contributed by atoms with Crippen LogP contribution in [0.5, 0.6) is 0 Å². The number of carbonyl (C=O) groups excluding carboxylic acids is 1. The Morgan fingerprint density at radius 1 is 1.22 bits per heavy atom. The largest absolute Gasteiger partial charge is 0.462 e. The Morgan fingerprint density at radius 2 is 1.87 bits per heavy atom. The van der Waals surface area contributed by atoms with Gasteiger partial charge in [-0.2, -0.15) is 0 Å². The Morgan fingerprint density at radius 3 is 2.48 bits per heavy atom. The van der Waals surface area contributed by atoms with Crippen LogP contribution in [0.2, 0.25) is 0 Å². The van der Waals surface area contributed by atoms with Crippen LogP contribution < -0.4 is 10.2 Å². The predicted molar refractivity (Wildman–Crippen MR) is 87.7 cm³/mol. The second-order valence-electron chi connectivity index (χ2n) is 6.00. The quantitative estimate of drug-likeness (QED) is 0.812. The summed E-state index contributed by atoms with van der Waals surface area (Å²) in [6.45, 7) is 8.37.